The maximum Gasteiger partial charge on any atom is 0.469 e. The molecule has 0 spiro atoms. The van der Waals surface area contributed by atoms with Gasteiger partial charge in [0.15, 0.2) is 11.5 Å². The van der Waals surface area contributed by atoms with Gasteiger partial charge in [-0.05, 0) is 6.92 Å². The Labute approximate surface area is 119 Å². The third-order valence-electron chi connectivity index (χ3n) is 3.30. The quantitative estimate of drug-likeness (QED) is 0.675. The molecule has 0 bridgehead atoms. The second kappa shape index (κ2) is 5.00. The molecular formula is C10H14N5O5P. The van der Waals surface area contributed by atoms with Crippen LogP contribution in [-0.2, 0) is 13.8 Å². The van der Waals surface area contributed by atoms with Gasteiger partial charge in [0.25, 0.3) is 0 Å². The normalized spacial score (nSPS) is 26.5. The summed E-state index contributed by atoms with van der Waals surface area (Å²) in [5.74, 6) is 0.257. The molecule has 21 heavy (non-hydrogen) atoms. The average Bonchev–Trinajstić information content (AvgIpc) is 2.93. The van der Waals surface area contributed by atoms with Crippen molar-refractivity contribution in [2.75, 3.05) is 5.73 Å². The third kappa shape index (κ3) is 2.76. The second-order valence-corrected chi connectivity index (χ2v) is 5.94. The Kier molecular flexibility index (Phi) is 3.42. The fourth-order valence-corrected chi connectivity index (χ4v) is 2.96. The van der Waals surface area contributed by atoms with Gasteiger partial charge in [-0.2, -0.15) is 0 Å². The molecule has 0 saturated carbocycles. The Hall–Kier alpha value is -1.58. The van der Waals surface area contributed by atoms with Crippen LogP contribution in [-0.4, -0.2) is 41.5 Å². The Bertz CT molecular complexity index is 715. The first kappa shape index (κ1) is 14.4. The molecule has 1 aliphatic rings. The number of rotatable bonds is 3. The van der Waals surface area contributed by atoms with Gasteiger partial charge in [0.2, 0.25) is 0 Å². The Morgan fingerprint density at radius 1 is 1.48 bits per heavy atom. The van der Waals surface area contributed by atoms with E-state index in [0.717, 1.165) is 0 Å². The topological polar surface area (TPSA) is 146 Å². The SMILES string of the molecule is C[C@@H]1O[C@H](n2cnc3c(N)ncnc32)C[C@H]1OP(=O)(O)O. The monoisotopic (exact) mass is 315 g/mol. The second-order valence-electron chi connectivity index (χ2n) is 4.75. The summed E-state index contributed by atoms with van der Waals surface area (Å²) in [6, 6.07) is 0. The summed E-state index contributed by atoms with van der Waals surface area (Å²) in [6.45, 7) is 1.68. The molecule has 3 atom stereocenters. The summed E-state index contributed by atoms with van der Waals surface area (Å²) in [4.78, 5) is 29.9. The molecule has 2 aromatic heterocycles. The Morgan fingerprint density at radius 2 is 2.24 bits per heavy atom. The molecule has 3 rings (SSSR count). The Balaban J connectivity index is 1.88. The minimum Gasteiger partial charge on any atom is -0.382 e. The van der Waals surface area contributed by atoms with Gasteiger partial charge in [-0.1, -0.05) is 0 Å². The lowest BCUT2D eigenvalue weighted by Crippen LogP contribution is -2.19. The number of anilines is 1. The van der Waals surface area contributed by atoms with Crippen molar-refractivity contribution in [2.45, 2.75) is 31.8 Å². The van der Waals surface area contributed by atoms with Crippen molar-refractivity contribution in [3.05, 3.63) is 12.7 Å². The highest BCUT2D eigenvalue weighted by molar-refractivity contribution is 7.46. The molecule has 114 valence electrons. The fourth-order valence-electron chi connectivity index (χ4n) is 2.35. The summed E-state index contributed by atoms with van der Waals surface area (Å²) in [7, 11) is -4.56. The van der Waals surface area contributed by atoms with Crippen molar-refractivity contribution in [1.82, 2.24) is 19.5 Å². The van der Waals surface area contributed by atoms with Crippen LogP contribution in [0.2, 0.25) is 0 Å². The summed E-state index contributed by atoms with van der Waals surface area (Å²) in [5, 5.41) is 0. The zero-order valence-electron chi connectivity index (χ0n) is 11.0. The predicted molar refractivity (Wildman–Crippen MR) is 70.9 cm³/mol. The first-order chi connectivity index (χ1) is 9.85. The van der Waals surface area contributed by atoms with Crippen molar-refractivity contribution in [3.8, 4) is 0 Å². The number of phosphoric acid groups is 1. The molecule has 0 aliphatic carbocycles. The minimum absolute atomic E-state index is 0.257. The minimum atomic E-state index is -4.56. The van der Waals surface area contributed by atoms with Gasteiger partial charge in [-0.15, -0.1) is 0 Å². The molecule has 3 heterocycles. The van der Waals surface area contributed by atoms with E-state index in [0.29, 0.717) is 11.2 Å². The zero-order chi connectivity index (χ0) is 15.2. The van der Waals surface area contributed by atoms with Crippen molar-refractivity contribution in [2.24, 2.45) is 0 Å². The van der Waals surface area contributed by atoms with Gasteiger partial charge < -0.3 is 20.3 Å². The fraction of sp³-hybridized carbons (Fsp3) is 0.500. The van der Waals surface area contributed by atoms with E-state index < -0.39 is 26.3 Å². The maximum absolute atomic E-state index is 10.9. The van der Waals surface area contributed by atoms with E-state index in [1.807, 2.05) is 0 Å². The van der Waals surface area contributed by atoms with Crippen LogP contribution in [0.3, 0.4) is 0 Å². The number of imidazole rings is 1. The number of hydrogen-bond donors (Lipinski definition) is 3. The highest BCUT2D eigenvalue weighted by atomic mass is 31.2. The first-order valence-electron chi connectivity index (χ1n) is 6.17. The number of hydrogen-bond acceptors (Lipinski definition) is 7. The summed E-state index contributed by atoms with van der Waals surface area (Å²) in [6.07, 6.45) is 1.41. The summed E-state index contributed by atoms with van der Waals surface area (Å²) < 4.78 is 23.0. The number of phosphoric ester groups is 1. The van der Waals surface area contributed by atoms with E-state index in [1.54, 1.807) is 11.5 Å². The highest BCUT2D eigenvalue weighted by Gasteiger charge is 2.38. The first-order valence-corrected chi connectivity index (χ1v) is 7.70. The molecule has 1 fully saturated rings. The van der Waals surface area contributed by atoms with E-state index in [-0.39, 0.29) is 12.2 Å². The average molecular weight is 315 g/mol. The van der Waals surface area contributed by atoms with Crippen LogP contribution in [0.25, 0.3) is 11.2 Å². The summed E-state index contributed by atoms with van der Waals surface area (Å²) in [5.41, 5.74) is 6.66. The summed E-state index contributed by atoms with van der Waals surface area (Å²) >= 11 is 0. The molecular weight excluding hydrogens is 301 g/mol. The van der Waals surface area contributed by atoms with Gasteiger partial charge in [0.1, 0.15) is 18.1 Å². The van der Waals surface area contributed by atoms with Crippen LogP contribution in [0.4, 0.5) is 5.82 Å². The smallest absolute Gasteiger partial charge is 0.382 e. The van der Waals surface area contributed by atoms with Crippen LogP contribution in [0, 0.1) is 0 Å². The lowest BCUT2D eigenvalue weighted by Gasteiger charge is -2.14. The van der Waals surface area contributed by atoms with Crippen molar-refractivity contribution >= 4 is 24.8 Å². The number of ether oxygens (including phenoxy) is 1. The van der Waals surface area contributed by atoms with Crippen molar-refractivity contribution < 1.29 is 23.6 Å². The molecule has 0 unspecified atom stereocenters. The van der Waals surface area contributed by atoms with Crippen LogP contribution in [0.15, 0.2) is 12.7 Å². The van der Waals surface area contributed by atoms with E-state index in [2.05, 4.69) is 15.0 Å². The maximum atomic E-state index is 10.9. The van der Waals surface area contributed by atoms with E-state index in [1.165, 1.54) is 12.7 Å². The van der Waals surface area contributed by atoms with Crippen LogP contribution in [0.1, 0.15) is 19.6 Å². The highest BCUT2D eigenvalue weighted by Crippen LogP contribution is 2.43. The molecule has 2 aromatic rings. The molecule has 11 heteroatoms. The van der Waals surface area contributed by atoms with Crippen molar-refractivity contribution in [1.29, 1.82) is 0 Å². The Morgan fingerprint density at radius 3 is 2.95 bits per heavy atom. The molecule has 0 aromatic carbocycles. The van der Waals surface area contributed by atoms with Gasteiger partial charge in [0, 0.05) is 6.42 Å². The largest absolute Gasteiger partial charge is 0.469 e. The van der Waals surface area contributed by atoms with Crippen molar-refractivity contribution in [3.63, 3.8) is 0 Å². The van der Waals surface area contributed by atoms with E-state index in [4.69, 9.17) is 24.8 Å². The van der Waals surface area contributed by atoms with Gasteiger partial charge in [-0.3, -0.25) is 9.09 Å². The van der Waals surface area contributed by atoms with Crippen LogP contribution < -0.4 is 5.73 Å². The van der Waals surface area contributed by atoms with E-state index in [9.17, 15) is 4.57 Å². The van der Waals surface area contributed by atoms with Gasteiger partial charge >= 0.3 is 7.82 Å². The lowest BCUT2D eigenvalue weighted by atomic mass is 10.2. The van der Waals surface area contributed by atoms with Gasteiger partial charge in [0.05, 0.1) is 18.5 Å². The van der Waals surface area contributed by atoms with Crippen LogP contribution in [0.5, 0.6) is 0 Å². The number of fused-ring (bicyclic) bond motifs is 1. The molecule has 1 aliphatic heterocycles. The van der Waals surface area contributed by atoms with Gasteiger partial charge in [-0.25, -0.2) is 19.5 Å². The van der Waals surface area contributed by atoms with Crippen LogP contribution >= 0.6 is 7.82 Å². The molecule has 0 amide bonds. The standard InChI is InChI=1S/C10H14N5O5P/c1-5-6(20-21(16,17)18)2-7(19-5)15-4-14-8-9(11)12-3-13-10(8)15/h3-7H,2H2,1H3,(H2,11,12,13)(H2,16,17,18)/t5-,6+,7-/m0/s1. The zero-order valence-corrected chi connectivity index (χ0v) is 11.9. The van der Waals surface area contributed by atoms with E-state index >= 15 is 0 Å². The molecule has 0 radical (unpaired) electrons. The lowest BCUT2D eigenvalue weighted by molar-refractivity contribution is -0.00649. The number of nitrogens with two attached hydrogens (primary N) is 1. The number of nitrogen functional groups attached to an aromatic ring is 1. The molecule has 10 nitrogen and oxygen atoms in total. The molecule has 1 saturated heterocycles. The predicted octanol–water partition coefficient (Wildman–Crippen LogP) is 0.194. The number of nitrogens with zero attached hydrogens (tertiary/aromatic N) is 4. The molecule has 4 N–H and O–H groups in total. The third-order valence-corrected chi connectivity index (χ3v) is 3.84. The number of aromatic nitrogens is 4.